The lowest BCUT2D eigenvalue weighted by molar-refractivity contribution is -0.127. The Balaban J connectivity index is 1.37. The van der Waals surface area contributed by atoms with Crippen molar-refractivity contribution < 1.29 is 19.1 Å². The molecule has 0 fully saturated rings. The van der Waals surface area contributed by atoms with Crippen LogP contribution in [0.1, 0.15) is 53.7 Å². The molecule has 0 aliphatic heterocycles. The summed E-state index contributed by atoms with van der Waals surface area (Å²) >= 11 is 0. The molecule has 7 nitrogen and oxygen atoms in total. The van der Waals surface area contributed by atoms with E-state index in [-0.39, 0.29) is 30.6 Å². The van der Waals surface area contributed by atoms with E-state index in [0.29, 0.717) is 31.6 Å². The van der Waals surface area contributed by atoms with E-state index in [1.807, 2.05) is 102 Å². The Labute approximate surface area is 266 Å². The minimum atomic E-state index is -0.699. The number of ether oxygens (including phenoxy) is 1. The molecule has 1 atom stereocenters. The number of ketones is 1. The molecule has 7 heteroatoms. The van der Waals surface area contributed by atoms with Crippen LogP contribution in [0.15, 0.2) is 109 Å². The van der Waals surface area contributed by atoms with Gasteiger partial charge in [-0.3, -0.25) is 14.4 Å². The second-order valence-electron chi connectivity index (χ2n) is 11.1. The molecular formula is C38H43N3O4. The highest BCUT2D eigenvalue weighted by molar-refractivity contribution is 5.95. The summed E-state index contributed by atoms with van der Waals surface area (Å²) in [5.74, 6) is 1.07. The fraction of sp³-hybridized carbons (Fsp3) is 0.289. The number of carbonyl (C=O) groups excluding carboxylic acids is 3. The van der Waals surface area contributed by atoms with Crippen molar-refractivity contribution in [1.82, 2.24) is 15.5 Å². The zero-order chi connectivity index (χ0) is 31.9. The molecule has 0 bridgehead atoms. The summed E-state index contributed by atoms with van der Waals surface area (Å²) in [5.41, 5.74) is 3.24. The van der Waals surface area contributed by atoms with Crippen molar-refractivity contribution in [2.45, 2.75) is 52.1 Å². The van der Waals surface area contributed by atoms with E-state index in [0.717, 1.165) is 41.0 Å². The SMILES string of the molecule is CCCN(CCC)C(=O)c1cccc(CC(=O)N[C@@H](Cc2ccccc2)C(=O)CNCc2cccc(Oc3ccccc3)c2)c1. The molecule has 4 aromatic rings. The number of para-hydroxylation sites is 1. The molecular weight excluding hydrogens is 562 g/mol. The minimum Gasteiger partial charge on any atom is -0.457 e. The molecule has 2 N–H and O–H groups in total. The van der Waals surface area contributed by atoms with Crippen LogP contribution in [0, 0.1) is 0 Å². The van der Waals surface area contributed by atoms with Crippen molar-refractivity contribution in [1.29, 1.82) is 0 Å². The number of nitrogens with zero attached hydrogens (tertiary/aromatic N) is 1. The molecule has 0 spiro atoms. The number of rotatable bonds is 17. The average Bonchev–Trinajstić information content (AvgIpc) is 3.05. The lowest BCUT2D eigenvalue weighted by atomic mass is 10.0. The van der Waals surface area contributed by atoms with Gasteiger partial charge in [-0.25, -0.2) is 0 Å². The Bertz CT molecular complexity index is 1520. The van der Waals surface area contributed by atoms with Gasteiger partial charge in [-0.1, -0.05) is 86.6 Å². The third-order valence-corrected chi connectivity index (χ3v) is 7.33. The van der Waals surface area contributed by atoms with Crippen molar-refractivity contribution in [3.63, 3.8) is 0 Å². The smallest absolute Gasteiger partial charge is 0.253 e. The van der Waals surface area contributed by atoms with Gasteiger partial charge >= 0.3 is 0 Å². The van der Waals surface area contributed by atoms with Gasteiger partial charge in [0.2, 0.25) is 5.91 Å². The van der Waals surface area contributed by atoms with Gasteiger partial charge in [0, 0.05) is 25.2 Å². The maximum absolute atomic E-state index is 13.4. The maximum Gasteiger partial charge on any atom is 0.253 e. The number of amides is 2. The first-order chi connectivity index (χ1) is 21.9. The van der Waals surface area contributed by atoms with E-state index in [1.165, 1.54) is 0 Å². The van der Waals surface area contributed by atoms with Gasteiger partial charge in [-0.15, -0.1) is 0 Å². The largest absolute Gasteiger partial charge is 0.457 e. The van der Waals surface area contributed by atoms with Crippen molar-refractivity contribution in [2.75, 3.05) is 19.6 Å². The molecule has 45 heavy (non-hydrogen) atoms. The molecule has 0 aromatic heterocycles. The van der Waals surface area contributed by atoms with Crippen LogP contribution in [0.4, 0.5) is 0 Å². The third kappa shape index (κ3) is 10.7. The van der Waals surface area contributed by atoms with Crippen LogP contribution in [-0.4, -0.2) is 48.2 Å². The van der Waals surface area contributed by atoms with Crippen molar-refractivity contribution >= 4 is 17.6 Å². The standard InChI is InChI=1S/C38H43N3O4/c1-3-21-41(22-4-2)38(44)32-17-11-15-30(23-32)26-37(43)40-35(25-29-13-7-5-8-14-29)36(42)28-39-27-31-16-12-20-34(24-31)45-33-18-9-6-10-19-33/h5-20,23-24,35,39H,3-4,21-22,25-28H2,1-2H3,(H,40,43)/t35-/m0/s1. The Morgan fingerprint density at radius 3 is 2.04 bits per heavy atom. The maximum atomic E-state index is 13.4. The number of hydrogen-bond acceptors (Lipinski definition) is 5. The summed E-state index contributed by atoms with van der Waals surface area (Å²) in [7, 11) is 0. The normalized spacial score (nSPS) is 11.4. The monoisotopic (exact) mass is 605 g/mol. The molecule has 4 rings (SSSR count). The van der Waals surface area contributed by atoms with Crippen LogP contribution in [0.3, 0.4) is 0 Å². The van der Waals surface area contributed by atoms with E-state index in [4.69, 9.17) is 4.74 Å². The summed E-state index contributed by atoms with van der Waals surface area (Å²) in [4.78, 5) is 41.6. The summed E-state index contributed by atoms with van der Waals surface area (Å²) in [6.45, 7) is 6.06. The fourth-order valence-electron chi connectivity index (χ4n) is 5.17. The van der Waals surface area contributed by atoms with Crippen molar-refractivity contribution in [3.8, 4) is 11.5 Å². The molecule has 0 heterocycles. The number of hydrogen-bond donors (Lipinski definition) is 2. The third-order valence-electron chi connectivity index (χ3n) is 7.33. The second-order valence-corrected chi connectivity index (χ2v) is 11.1. The van der Waals surface area contributed by atoms with Crippen LogP contribution in [0.25, 0.3) is 0 Å². The van der Waals surface area contributed by atoms with Crippen LogP contribution in [-0.2, 0) is 29.0 Å². The van der Waals surface area contributed by atoms with E-state index in [2.05, 4.69) is 24.5 Å². The second kappa shape index (κ2) is 17.5. The van der Waals surface area contributed by atoms with Gasteiger partial charge in [0.25, 0.3) is 5.91 Å². The molecule has 2 amide bonds. The Hall–Kier alpha value is -4.75. The Morgan fingerprint density at radius 1 is 0.711 bits per heavy atom. The highest BCUT2D eigenvalue weighted by atomic mass is 16.5. The molecule has 0 unspecified atom stereocenters. The Kier molecular flexibility index (Phi) is 12.9. The average molecular weight is 606 g/mol. The molecule has 234 valence electrons. The summed E-state index contributed by atoms with van der Waals surface area (Å²) in [6.07, 6.45) is 2.22. The minimum absolute atomic E-state index is 0.0265. The van der Waals surface area contributed by atoms with Crippen LogP contribution in [0.5, 0.6) is 11.5 Å². The number of carbonyl (C=O) groups is 3. The molecule has 0 radical (unpaired) electrons. The van der Waals surface area contributed by atoms with Gasteiger partial charge in [0.15, 0.2) is 5.78 Å². The molecule has 0 saturated heterocycles. The predicted molar refractivity (Wildman–Crippen MR) is 178 cm³/mol. The zero-order valence-electron chi connectivity index (χ0n) is 26.2. The van der Waals surface area contributed by atoms with Crippen LogP contribution < -0.4 is 15.4 Å². The van der Waals surface area contributed by atoms with Crippen molar-refractivity contribution in [3.05, 3.63) is 131 Å². The molecule has 4 aromatic carbocycles. The number of Topliss-reactive ketones (excluding diaryl/α,β-unsaturated/α-hetero) is 1. The van der Waals surface area contributed by atoms with Gasteiger partial charge < -0.3 is 20.3 Å². The molecule has 0 aliphatic rings. The van der Waals surface area contributed by atoms with Crippen LogP contribution in [0.2, 0.25) is 0 Å². The lowest BCUT2D eigenvalue weighted by Crippen LogP contribution is -2.46. The van der Waals surface area contributed by atoms with Gasteiger partial charge in [0.05, 0.1) is 19.0 Å². The lowest BCUT2D eigenvalue weighted by Gasteiger charge is -2.22. The summed E-state index contributed by atoms with van der Waals surface area (Å²) < 4.78 is 5.93. The first-order valence-electron chi connectivity index (χ1n) is 15.7. The summed E-state index contributed by atoms with van der Waals surface area (Å²) in [6, 6.07) is 33.5. The molecule has 0 aliphatic carbocycles. The van der Waals surface area contributed by atoms with E-state index < -0.39 is 6.04 Å². The number of benzene rings is 4. The van der Waals surface area contributed by atoms with Crippen LogP contribution >= 0.6 is 0 Å². The fourth-order valence-corrected chi connectivity index (χ4v) is 5.17. The molecule has 0 saturated carbocycles. The topological polar surface area (TPSA) is 87.7 Å². The van der Waals surface area contributed by atoms with E-state index in [9.17, 15) is 14.4 Å². The predicted octanol–water partition coefficient (Wildman–Crippen LogP) is 6.37. The Morgan fingerprint density at radius 2 is 1.33 bits per heavy atom. The first-order valence-corrected chi connectivity index (χ1v) is 15.7. The van der Waals surface area contributed by atoms with E-state index in [1.54, 1.807) is 12.1 Å². The van der Waals surface area contributed by atoms with E-state index >= 15 is 0 Å². The quantitative estimate of drug-likeness (QED) is 0.146. The zero-order valence-corrected chi connectivity index (χ0v) is 26.2. The summed E-state index contributed by atoms with van der Waals surface area (Å²) in [5, 5.41) is 6.20. The number of nitrogens with one attached hydrogen (secondary N) is 2. The highest BCUT2D eigenvalue weighted by Gasteiger charge is 2.22. The highest BCUT2D eigenvalue weighted by Crippen LogP contribution is 2.21. The van der Waals surface area contributed by atoms with Gasteiger partial charge in [-0.05, 0) is 72.4 Å². The van der Waals surface area contributed by atoms with Gasteiger partial charge in [-0.2, -0.15) is 0 Å². The van der Waals surface area contributed by atoms with Crippen molar-refractivity contribution in [2.24, 2.45) is 0 Å². The van der Waals surface area contributed by atoms with Gasteiger partial charge in [0.1, 0.15) is 11.5 Å². The first kappa shape index (κ1) is 33.1.